The summed E-state index contributed by atoms with van der Waals surface area (Å²) in [5, 5.41) is 25.9. The Morgan fingerprint density at radius 3 is 2.21 bits per heavy atom. The second kappa shape index (κ2) is 4.99. The maximum Gasteiger partial charge on any atom is 0.433 e. The van der Waals surface area contributed by atoms with Crippen LogP contribution in [0.2, 0.25) is 0 Å². The predicted octanol–water partition coefficient (Wildman–Crippen LogP) is 3.13. The third-order valence-corrected chi connectivity index (χ3v) is 3.99. The Morgan fingerprint density at radius 2 is 1.62 bits per heavy atom. The summed E-state index contributed by atoms with van der Waals surface area (Å²) >= 11 is 1.15. The van der Waals surface area contributed by atoms with E-state index in [1.54, 1.807) is 0 Å². The van der Waals surface area contributed by atoms with Gasteiger partial charge >= 0.3 is 11.8 Å². The lowest BCUT2D eigenvalue weighted by molar-refractivity contribution is -0.402. The summed E-state index contributed by atoms with van der Waals surface area (Å²) in [6.07, 6.45) is 1.54. The van der Waals surface area contributed by atoms with Gasteiger partial charge in [-0.15, -0.1) is 0 Å². The Kier molecular flexibility index (Phi) is 2.93. The Morgan fingerprint density at radius 1 is 1.00 bits per heavy atom. The van der Waals surface area contributed by atoms with Gasteiger partial charge in [0, 0.05) is 0 Å². The molecule has 120 valence electrons. The third-order valence-electron chi connectivity index (χ3n) is 3.05. The predicted molar refractivity (Wildman–Crippen MR) is 79.6 cm³/mol. The Hall–Kier alpha value is -3.54. The van der Waals surface area contributed by atoms with Gasteiger partial charge in [0.05, 0.1) is 18.3 Å². The molecule has 0 aliphatic carbocycles. The lowest BCUT2D eigenvalue weighted by atomic mass is 10.4. The van der Waals surface area contributed by atoms with Crippen molar-refractivity contribution in [1.29, 1.82) is 0 Å². The van der Waals surface area contributed by atoms with E-state index >= 15 is 0 Å². The SMILES string of the molecule is O=[N+]([O-])c1ccc(-c2cn3nc(-c4ccc([N+](=O)[O-])o4)sc3n2)o1. The quantitative estimate of drug-likeness (QED) is 0.404. The van der Waals surface area contributed by atoms with Crippen molar-refractivity contribution in [2.75, 3.05) is 0 Å². The topological polar surface area (TPSA) is 143 Å². The highest BCUT2D eigenvalue weighted by Gasteiger charge is 2.19. The van der Waals surface area contributed by atoms with Gasteiger partial charge in [-0.25, -0.2) is 9.50 Å². The average molecular weight is 347 g/mol. The molecule has 0 unspecified atom stereocenters. The summed E-state index contributed by atoms with van der Waals surface area (Å²) < 4.78 is 11.6. The first-order chi connectivity index (χ1) is 11.5. The van der Waals surface area contributed by atoms with Crippen molar-refractivity contribution in [2.45, 2.75) is 0 Å². The smallest absolute Gasteiger partial charge is 0.399 e. The molecule has 0 bridgehead atoms. The van der Waals surface area contributed by atoms with Gasteiger partial charge in [0.1, 0.15) is 15.5 Å². The lowest BCUT2D eigenvalue weighted by Crippen LogP contribution is -1.83. The van der Waals surface area contributed by atoms with E-state index in [2.05, 4.69) is 10.1 Å². The van der Waals surface area contributed by atoms with Gasteiger partial charge in [-0.05, 0) is 12.1 Å². The molecular weight excluding hydrogens is 342 g/mol. The monoisotopic (exact) mass is 347 g/mol. The number of hydrogen-bond acceptors (Lipinski definition) is 9. The van der Waals surface area contributed by atoms with Gasteiger partial charge in [-0.3, -0.25) is 20.2 Å². The van der Waals surface area contributed by atoms with E-state index in [4.69, 9.17) is 8.83 Å². The van der Waals surface area contributed by atoms with Crippen molar-refractivity contribution in [1.82, 2.24) is 14.6 Å². The third kappa shape index (κ3) is 2.21. The van der Waals surface area contributed by atoms with E-state index in [0.29, 0.717) is 15.7 Å². The van der Waals surface area contributed by atoms with Crippen molar-refractivity contribution in [3.63, 3.8) is 0 Å². The van der Waals surface area contributed by atoms with Gasteiger partial charge in [0.25, 0.3) is 0 Å². The van der Waals surface area contributed by atoms with Crippen LogP contribution in [0.1, 0.15) is 0 Å². The van der Waals surface area contributed by atoms with Gasteiger partial charge < -0.3 is 8.83 Å². The average Bonchev–Trinajstić information content (AvgIpc) is 3.28. The van der Waals surface area contributed by atoms with Gasteiger partial charge in [0.15, 0.2) is 16.5 Å². The second-order valence-corrected chi connectivity index (χ2v) is 5.51. The Bertz CT molecular complexity index is 975. The summed E-state index contributed by atoms with van der Waals surface area (Å²) in [5.41, 5.74) is 0.388. The molecule has 12 heteroatoms. The highest BCUT2D eigenvalue weighted by Crippen LogP contribution is 2.32. The molecule has 0 saturated heterocycles. The van der Waals surface area contributed by atoms with Crippen molar-refractivity contribution in [2.24, 2.45) is 0 Å². The maximum atomic E-state index is 10.6. The molecule has 4 aromatic heterocycles. The molecule has 0 fully saturated rings. The second-order valence-electron chi connectivity index (χ2n) is 4.55. The molecule has 24 heavy (non-hydrogen) atoms. The highest BCUT2D eigenvalue weighted by atomic mass is 32.1. The molecule has 4 rings (SSSR count). The van der Waals surface area contributed by atoms with Crippen molar-refractivity contribution in [3.05, 3.63) is 50.7 Å². The maximum absolute atomic E-state index is 10.6. The summed E-state index contributed by atoms with van der Waals surface area (Å²) in [6.45, 7) is 0. The Balaban J connectivity index is 1.69. The molecule has 0 aliphatic rings. The van der Waals surface area contributed by atoms with E-state index in [-0.39, 0.29) is 23.3 Å². The largest absolute Gasteiger partial charge is 0.433 e. The van der Waals surface area contributed by atoms with Crippen LogP contribution in [0.4, 0.5) is 11.8 Å². The number of fused-ring (bicyclic) bond motifs is 1. The summed E-state index contributed by atoms with van der Waals surface area (Å²) in [4.78, 5) is 24.8. The van der Waals surface area contributed by atoms with Crippen LogP contribution in [0.15, 0.2) is 39.3 Å². The molecule has 0 spiro atoms. The number of hydrogen-bond donors (Lipinski definition) is 0. The van der Waals surface area contributed by atoms with Crippen LogP contribution in [0.3, 0.4) is 0 Å². The van der Waals surface area contributed by atoms with Gasteiger partial charge in [0.2, 0.25) is 4.96 Å². The lowest BCUT2D eigenvalue weighted by Gasteiger charge is -1.88. The molecule has 0 N–H and O–H groups in total. The fourth-order valence-corrected chi connectivity index (χ4v) is 2.87. The number of imidazole rings is 1. The first kappa shape index (κ1) is 14.1. The number of rotatable bonds is 4. The number of furan rings is 2. The fourth-order valence-electron chi connectivity index (χ4n) is 2.02. The zero-order chi connectivity index (χ0) is 16.8. The fraction of sp³-hybridized carbons (Fsp3) is 0. The van der Waals surface area contributed by atoms with Crippen LogP contribution in [-0.2, 0) is 0 Å². The van der Waals surface area contributed by atoms with E-state index in [9.17, 15) is 20.2 Å². The molecule has 0 aliphatic heterocycles. The molecule has 11 nitrogen and oxygen atoms in total. The van der Waals surface area contributed by atoms with Crippen LogP contribution in [0, 0.1) is 20.2 Å². The minimum Gasteiger partial charge on any atom is -0.399 e. The minimum absolute atomic E-state index is 0.245. The number of nitro groups is 2. The first-order valence-electron chi connectivity index (χ1n) is 6.36. The van der Waals surface area contributed by atoms with Gasteiger partial charge in [-0.1, -0.05) is 11.3 Å². The molecular formula is C12H5N5O6S. The molecule has 0 radical (unpaired) electrons. The van der Waals surface area contributed by atoms with Crippen molar-refractivity contribution < 1.29 is 18.7 Å². The van der Waals surface area contributed by atoms with E-state index in [1.807, 2.05) is 0 Å². The normalized spacial score (nSPS) is 11.2. The molecule has 0 aromatic carbocycles. The molecule has 4 aromatic rings. The van der Waals surface area contributed by atoms with Crippen molar-refractivity contribution >= 4 is 28.1 Å². The standard InChI is InChI=1S/C12H5N5O6S/c18-16(19)9-3-1-7(22-9)6-5-15-12(13-6)24-11(14-15)8-2-4-10(23-8)17(20)21/h1-5H. The van der Waals surface area contributed by atoms with Gasteiger partial charge in [-0.2, -0.15) is 5.10 Å². The van der Waals surface area contributed by atoms with E-state index in [1.165, 1.54) is 35.0 Å². The number of nitrogens with zero attached hydrogens (tertiary/aromatic N) is 5. The Labute approximate surface area is 135 Å². The molecule has 0 amide bonds. The van der Waals surface area contributed by atoms with E-state index < -0.39 is 9.85 Å². The summed E-state index contributed by atoms with van der Waals surface area (Å²) in [6, 6.07) is 5.38. The van der Waals surface area contributed by atoms with Crippen LogP contribution < -0.4 is 0 Å². The minimum atomic E-state index is -0.637. The van der Waals surface area contributed by atoms with Crippen LogP contribution >= 0.6 is 11.3 Å². The highest BCUT2D eigenvalue weighted by molar-refractivity contribution is 7.19. The van der Waals surface area contributed by atoms with Crippen LogP contribution in [0.5, 0.6) is 0 Å². The summed E-state index contributed by atoms with van der Waals surface area (Å²) in [7, 11) is 0. The zero-order valence-electron chi connectivity index (χ0n) is 11.5. The van der Waals surface area contributed by atoms with Crippen LogP contribution in [0.25, 0.3) is 27.2 Å². The van der Waals surface area contributed by atoms with Crippen molar-refractivity contribution in [3.8, 4) is 22.2 Å². The molecule has 0 saturated carbocycles. The number of aromatic nitrogens is 3. The molecule has 0 atom stereocenters. The molecule has 4 heterocycles. The first-order valence-corrected chi connectivity index (χ1v) is 7.18. The zero-order valence-corrected chi connectivity index (χ0v) is 12.3. The van der Waals surface area contributed by atoms with Crippen LogP contribution in [-0.4, -0.2) is 24.4 Å². The van der Waals surface area contributed by atoms with E-state index in [0.717, 1.165) is 11.3 Å². The summed E-state index contributed by atoms with van der Waals surface area (Å²) in [5.74, 6) is -0.249.